The van der Waals surface area contributed by atoms with Crippen molar-refractivity contribution in [3.8, 4) is 0 Å². The van der Waals surface area contributed by atoms with Gasteiger partial charge in [0, 0.05) is 19.8 Å². The number of halogens is 1. The zero-order valence-electron chi connectivity index (χ0n) is 16.0. The van der Waals surface area contributed by atoms with Gasteiger partial charge in [-0.3, -0.25) is 4.79 Å². The van der Waals surface area contributed by atoms with Gasteiger partial charge in [-0.1, -0.05) is 29.8 Å². The van der Waals surface area contributed by atoms with Gasteiger partial charge in [0.15, 0.2) is 0 Å². The number of nitrogens with one attached hydrogen (secondary N) is 2. The highest BCUT2D eigenvalue weighted by Crippen LogP contribution is 2.27. The van der Waals surface area contributed by atoms with E-state index in [9.17, 15) is 13.2 Å². The Bertz CT molecular complexity index is 906. The summed E-state index contributed by atoms with van der Waals surface area (Å²) in [6, 6.07) is 12.3. The summed E-state index contributed by atoms with van der Waals surface area (Å²) < 4.78 is 27.7. The molecule has 152 valence electrons. The maximum absolute atomic E-state index is 12.8. The molecule has 2 rings (SSSR count). The number of nitrogens with zero attached hydrogens (tertiary/aromatic N) is 1. The van der Waals surface area contributed by atoms with Crippen LogP contribution in [0.5, 0.6) is 0 Å². The monoisotopic (exact) mass is 441 g/mol. The summed E-state index contributed by atoms with van der Waals surface area (Å²) >= 11 is 7.79. The Balaban J connectivity index is 2.18. The van der Waals surface area contributed by atoms with E-state index in [1.807, 2.05) is 25.3 Å². The Morgan fingerprint density at radius 1 is 1.18 bits per heavy atom. The van der Waals surface area contributed by atoms with E-state index in [0.29, 0.717) is 22.9 Å². The molecule has 0 fully saturated rings. The summed E-state index contributed by atoms with van der Waals surface area (Å²) in [4.78, 5) is 14.7. The first-order valence-corrected chi connectivity index (χ1v) is 11.8. The summed E-state index contributed by atoms with van der Waals surface area (Å²) in [6.45, 7) is 0. The van der Waals surface area contributed by atoms with Crippen molar-refractivity contribution in [1.82, 2.24) is 4.72 Å². The van der Waals surface area contributed by atoms with E-state index in [1.165, 1.54) is 12.1 Å². The van der Waals surface area contributed by atoms with Gasteiger partial charge >= 0.3 is 0 Å². The molecule has 0 saturated heterocycles. The van der Waals surface area contributed by atoms with Crippen molar-refractivity contribution >= 4 is 50.7 Å². The topological polar surface area (TPSA) is 78.5 Å². The molecular formula is C19H24ClN3O3S2. The van der Waals surface area contributed by atoms with Crippen molar-refractivity contribution in [2.75, 3.05) is 36.3 Å². The van der Waals surface area contributed by atoms with Crippen LogP contribution in [0.1, 0.15) is 6.42 Å². The Hall–Kier alpha value is -1.74. The number of anilines is 2. The third-order valence-electron chi connectivity index (χ3n) is 3.98. The van der Waals surface area contributed by atoms with Gasteiger partial charge in [-0.15, -0.1) is 0 Å². The van der Waals surface area contributed by atoms with E-state index >= 15 is 0 Å². The molecule has 0 bridgehead atoms. The molecular weight excluding hydrogens is 418 g/mol. The Morgan fingerprint density at radius 3 is 2.43 bits per heavy atom. The van der Waals surface area contributed by atoms with Crippen LogP contribution >= 0.6 is 23.4 Å². The first kappa shape index (κ1) is 22.5. The molecule has 1 amide bonds. The Morgan fingerprint density at radius 2 is 1.86 bits per heavy atom. The number of hydrogen-bond acceptors (Lipinski definition) is 5. The van der Waals surface area contributed by atoms with Crippen molar-refractivity contribution in [1.29, 1.82) is 0 Å². The highest BCUT2D eigenvalue weighted by molar-refractivity contribution is 7.98. The highest BCUT2D eigenvalue weighted by atomic mass is 35.5. The average Bonchev–Trinajstić information content (AvgIpc) is 2.65. The van der Waals surface area contributed by atoms with Gasteiger partial charge in [-0.05, 0) is 48.8 Å². The van der Waals surface area contributed by atoms with E-state index in [4.69, 9.17) is 11.6 Å². The van der Waals surface area contributed by atoms with Crippen LogP contribution in [0.3, 0.4) is 0 Å². The van der Waals surface area contributed by atoms with Crippen molar-refractivity contribution < 1.29 is 13.2 Å². The SMILES string of the molecule is CSCCC(NS(=O)(=O)c1ccccc1)C(=O)Nc1ccc(N(C)C)c(Cl)c1. The van der Waals surface area contributed by atoms with Gasteiger partial charge in [-0.2, -0.15) is 16.5 Å². The second-order valence-electron chi connectivity index (χ2n) is 6.32. The standard InChI is InChI=1S/C19H24ClN3O3S2/c1-23(2)18-10-9-14(13-16(18)20)21-19(24)17(11-12-27-3)22-28(25,26)15-7-5-4-6-8-15/h4-10,13,17,22H,11-12H2,1-3H3,(H,21,24). The molecule has 28 heavy (non-hydrogen) atoms. The van der Waals surface area contributed by atoms with Crippen LogP contribution < -0.4 is 14.9 Å². The molecule has 0 heterocycles. The number of carbonyl (C=O) groups excluding carboxylic acids is 1. The van der Waals surface area contributed by atoms with Crippen LogP contribution in [-0.2, 0) is 14.8 Å². The van der Waals surface area contributed by atoms with Crippen LogP contribution in [0.15, 0.2) is 53.4 Å². The molecule has 0 spiro atoms. The molecule has 0 aliphatic rings. The van der Waals surface area contributed by atoms with Crippen LogP contribution in [-0.4, -0.2) is 46.5 Å². The van der Waals surface area contributed by atoms with E-state index in [2.05, 4.69) is 10.0 Å². The summed E-state index contributed by atoms with van der Waals surface area (Å²) in [6.07, 6.45) is 2.27. The second kappa shape index (κ2) is 10.2. The normalized spacial score (nSPS) is 12.4. The lowest BCUT2D eigenvalue weighted by Crippen LogP contribution is -2.44. The largest absolute Gasteiger partial charge is 0.376 e. The predicted octanol–water partition coefficient (Wildman–Crippen LogP) is 3.44. The van der Waals surface area contributed by atoms with Crippen LogP contribution in [0.2, 0.25) is 5.02 Å². The summed E-state index contributed by atoms with van der Waals surface area (Å²) in [7, 11) is -0.0635. The number of sulfonamides is 1. The number of hydrogen-bond donors (Lipinski definition) is 2. The van der Waals surface area contributed by atoms with Gasteiger partial charge in [0.25, 0.3) is 0 Å². The lowest BCUT2D eigenvalue weighted by Gasteiger charge is -2.19. The number of carbonyl (C=O) groups is 1. The van der Waals surface area contributed by atoms with Crippen LogP contribution in [0.25, 0.3) is 0 Å². The number of benzene rings is 2. The first-order valence-electron chi connectivity index (χ1n) is 8.58. The molecule has 0 radical (unpaired) electrons. The number of rotatable bonds is 9. The molecule has 1 unspecified atom stereocenters. The lowest BCUT2D eigenvalue weighted by atomic mass is 10.2. The van der Waals surface area contributed by atoms with Crippen molar-refractivity contribution in [2.45, 2.75) is 17.4 Å². The molecule has 6 nitrogen and oxygen atoms in total. The molecule has 9 heteroatoms. The summed E-state index contributed by atoms with van der Waals surface area (Å²) in [5.74, 6) is 0.206. The fraction of sp³-hybridized carbons (Fsp3) is 0.316. The number of thioether (sulfide) groups is 1. The van der Waals surface area contributed by atoms with Crippen molar-refractivity contribution in [3.63, 3.8) is 0 Å². The fourth-order valence-corrected chi connectivity index (χ4v) is 4.58. The van der Waals surface area contributed by atoms with Crippen molar-refractivity contribution in [3.05, 3.63) is 53.6 Å². The minimum atomic E-state index is -3.81. The molecule has 2 N–H and O–H groups in total. The molecule has 1 atom stereocenters. The maximum atomic E-state index is 12.8. The van der Waals surface area contributed by atoms with Crippen molar-refractivity contribution in [2.24, 2.45) is 0 Å². The first-order chi connectivity index (χ1) is 13.2. The van der Waals surface area contributed by atoms with Gasteiger partial charge < -0.3 is 10.2 Å². The van der Waals surface area contributed by atoms with E-state index in [1.54, 1.807) is 48.2 Å². The molecule has 2 aromatic rings. The second-order valence-corrected chi connectivity index (χ2v) is 9.43. The minimum absolute atomic E-state index is 0.121. The Labute approximate surface area is 175 Å². The third-order valence-corrected chi connectivity index (χ3v) is 6.41. The van der Waals surface area contributed by atoms with Gasteiger partial charge in [-0.25, -0.2) is 8.42 Å². The minimum Gasteiger partial charge on any atom is -0.376 e. The lowest BCUT2D eigenvalue weighted by molar-refractivity contribution is -0.117. The highest BCUT2D eigenvalue weighted by Gasteiger charge is 2.25. The van der Waals surface area contributed by atoms with Gasteiger partial charge in [0.2, 0.25) is 15.9 Å². The quantitative estimate of drug-likeness (QED) is 0.623. The molecule has 0 aromatic heterocycles. The predicted molar refractivity (Wildman–Crippen MR) is 118 cm³/mol. The van der Waals surface area contributed by atoms with E-state index in [0.717, 1.165) is 5.69 Å². The van der Waals surface area contributed by atoms with Gasteiger partial charge in [0.1, 0.15) is 6.04 Å². The van der Waals surface area contributed by atoms with Gasteiger partial charge in [0.05, 0.1) is 15.6 Å². The zero-order valence-corrected chi connectivity index (χ0v) is 18.4. The third kappa shape index (κ3) is 6.13. The number of amides is 1. The maximum Gasteiger partial charge on any atom is 0.242 e. The molecule has 2 aromatic carbocycles. The summed E-state index contributed by atoms with van der Waals surface area (Å²) in [5, 5.41) is 3.25. The Kier molecular flexibility index (Phi) is 8.18. The molecule has 0 saturated carbocycles. The summed E-state index contributed by atoms with van der Waals surface area (Å²) in [5.41, 5.74) is 1.33. The molecule has 0 aliphatic heterocycles. The van der Waals surface area contributed by atoms with E-state index in [-0.39, 0.29) is 4.90 Å². The van der Waals surface area contributed by atoms with E-state index < -0.39 is 22.0 Å². The zero-order chi connectivity index (χ0) is 20.7. The fourth-order valence-electron chi connectivity index (χ4n) is 2.51. The van der Waals surface area contributed by atoms with Crippen LogP contribution in [0, 0.1) is 0 Å². The van der Waals surface area contributed by atoms with Crippen LogP contribution in [0.4, 0.5) is 11.4 Å². The molecule has 0 aliphatic carbocycles. The smallest absolute Gasteiger partial charge is 0.242 e. The average molecular weight is 442 g/mol.